The SMILES string of the molecule is CC(C)(C)CC(C)(C)NC(=O)CSc1nnc(-c2ccco2)n1N. The molecular weight excluding hydrogens is 326 g/mol. The maximum atomic E-state index is 12.2. The van der Waals surface area contributed by atoms with E-state index in [9.17, 15) is 4.79 Å². The molecule has 0 radical (unpaired) electrons. The Morgan fingerprint density at radius 2 is 2.04 bits per heavy atom. The standard InChI is InChI=1S/C16H25N5O2S/c1-15(2,3)10-16(4,5)18-12(22)9-24-14-20-19-13(21(14)17)11-7-6-8-23-11/h6-8H,9-10,17H2,1-5H3,(H,18,22). The van der Waals surface area contributed by atoms with Crippen molar-refractivity contribution in [2.45, 2.75) is 51.7 Å². The van der Waals surface area contributed by atoms with Gasteiger partial charge < -0.3 is 15.6 Å². The van der Waals surface area contributed by atoms with E-state index in [-0.39, 0.29) is 22.6 Å². The van der Waals surface area contributed by atoms with Gasteiger partial charge in [-0.05, 0) is 37.8 Å². The number of amides is 1. The van der Waals surface area contributed by atoms with Crippen LogP contribution in [0.5, 0.6) is 0 Å². The number of carbonyl (C=O) groups is 1. The van der Waals surface area contributed by atoms with E-state index in [1.165, 1.54) is 16.4 Å². The van der Waals surface area contributed by atoms with E-state index >= 15 is 0 Å². The predicted molar refractivity (Wildman–Crippen MR) is 94.9 cm³/mol. The fraction of sp³-hybridized carbons (Fsp3) is 0.562. The van der Waals surface area contributed by atoms with Gasteiger partial charge in [0.05, 0.1) is 12.0 Å². The van der Waals surface area contributed by atoms with E-state index in [0.29, 0.717) is 16.7 Å². The van der Waals surface area contributed by atoms with Crippen molar-refractivity contribution in [3.05, 3.63) is 18.4 Å². The topological polar surface area (TPSA) is 99.0 Å². The first-order valence-corrected chi connectivity index (χ1v) is 8.74. The van der Waals surface area contributed by atoms with Crippen LogP contribution in [0.3, 0.4) is 0 Å². The normalized spacial score (nSPS) is 12.4. The van der Waals surface area contributed by atoms with Crippen LogP contribution in [0.1, 0.15) is 41.0 Å². The van der Waals surface area contributed by atoms with E-state index < -0.39 is 0 Å². The summed E-state index contributed by atoms with van der Waals surface area (Å²) < 4.78 is 6.59. The summed E-state index contributed by atoms with van der Waals surface area (Å²) in [6.07, 6.45) is 2.42. The Labute approximate surface area is 146 Å². The highest BCUT2D eigenvalue weighted by Gasteiger charge is 2.27. The smallest absolute Gasteiger partial charge is 0.230 e. The Hall–Kier alpha value is -1.96. The number of nitrogen functional groups attached to an aromatic ring is 1. The highest BCUT2D eigenvalue weighted by atomic mass is 32.2. The number of thioether (sulfide) groups is 1. The number of nitrogens with two attached hydrogens (primary N) is 1. The zero-order valence-electron chi connectivity index (χ0n) is 14.8. The molecule has 0 fully saturated rings. The Morgan fingerprint density at radius 1 is 1.33 bits per heavy atom. The summed E-state index contributed by atoms with van der Waals surface area (Å²) >= 11 is 1.24. The van der Waals surface area contributed by atoms with Crippen LogP contribution in [0, 0.1) is 5.41 Å². The average Bonchev–Trinajstić information content (AvgIpc) is 3.02. The molecule has 1 amide bonds. The van der Waals surface area contributed by atoms with Gasteiger partial charge in [0, 0.05) is 5.54 Å². The Morgan fingerprint density at radius 3 is 2.62 bits per heavy atom. The van der Waals surface area contributed by atoms with Crippen LogP contribution in [-0.2, 0) is 4.79 Å². The van der Waals surface area contributed by atoms with Gasteiger partial charge in [-0.3, -0.25) is 4.79 Å². The van der Waals surface area contributed by atoms with E-state index in [1.54, 1.807) is 18.4 Å². The molecule has 0 aliphatic carbocycles. The number of nitrogens with zero attached hydrogens (tertiary/aromatic N) is 3. The lowest BCUT2D eigenvalue weighted by atomic mass is 9.82. The maximum absolute atomic E-state index is 12.2. The lowest BCUT2D eigenvalue weighted by molar-refractivity contribution is -0.120. The summed E-state index contributed by atoms with van der Waals surface area (Å²) in [5.41, 5.74) is -0.134. The van der Waals surface area contributed by atoms with Crippen molar-refractivity contribution in [2.24, 2.45) is 5.41 Å². The first-order valence-electron chi connectivity index (χ1n) is 7.76. The number of nitrogens with one attached hydrogen (secondary N) is 1. The molecule has 2 aromatic heterocycles. The van der Waals surface area contributed by atoms with Crippen molar-refractivity contribution in [2.75, 3.05) is 11.6 Å². The van der Waals surface area contributed by atoms with E-state index in [1.807, 2.05) is 13.8 Å². The highest BCUT2D eigenvalue weighted by Crippen LogP contribution is 2.27. The molecule has 0 aromatic carbocycles. The molecule has 2 aromatic rings. The van der Waals surface area contributed by atoms with Crippen molar-refractivity contribution in [3.63, 3.8) is 0 Å². The summed E-state index contributed by atoms with van der Waals surface area (Å²) in [5, 5.41) is 11.5. The minimum Gasteiger partial charge on any atom is -0.461 e. The molecule has 8 heteroatoms. The molecule has 0 atom stereocenters. The van der Waals surface area contributed by atoms with Gasteiger partial charge >= 0.3 is 0 Å². The van der Waals surface area contributed by atoms with Crippen molar-refractivity contribution in [3.8, 4) is 11.6 Å². The van der Waals surface area contributed by atoms with Crippen molar-refractivity contribution in [1.29, 1.82) is 0 Å². The second-order valence-corrected chi connectivity index (χ2v) is 8.55. The minimum atomic E-state index is -0.272. The fourth-order valence-electron chi connectivity index (χ4n) is 2.86. The molecule has 3 N–H and O–H groups in total. The summed E-state index contributed by atoms with van der Waals surface area (Å²) in [5.74, 6) is 7.10. The molecule has 0 saturated carbocycles. The van der Waals surface area contributed by atoms with Gasteiger partial charge in [-0.25, -0.2) is 4.68 Å². The third-order valence-corrected chi connectivity index (χ3v) is 4.13. The largest absolute Gasteiger partial charge is 0.461 e. The molecule has 0 aliphatic rings. The number of rotatable bonds is 6. The van der Waals surface area contributed by atoms with E-state index in [2.05, 4.69) is 36.3 Å². The summed E-state index contributed by atoms with van der Waals surface area (Å²) in [4.78, 5) is 12.2. The molecule has 24 heavy (non-hydrogen) atoms. The first kappa shape index (κ1) is 18.4. The molecule has 7 nitrogen and oxygen atoms in total. The van der Waals surface area contributed by atoms with E-state index in [0.717, 1.165) is 6.42 Å². The first-order chi connectivity index (χ1) is 11.1. The molecule has 132 valence electrons. The monoisotopic (exact) mass is 351 g/mol. The molecule has 2 heterocycles. The lowest BCUT2D eigenvalue weighted by Crippen LogP contribution is -2.46. The van der Waals surface area contributed by atoms with Crippen molar-refractivity contribution < 1.29 is 9.21 Å². The number of hydrogen-bond acceptors (Lipinski definition) is 6. The van der Waals surface area contributed by atoms with E-state index in [4.69, 9.17) is 10.3 Å². The Bertz CT molecular complexity index is 686. The van der Waals surface area contributed by atoms with Gasteiger partial charge in [0.15, 0.2) is 5.76 Å². The minimum absolute atomic E-state index is 0.0585. The number of furan rings is 1. The molecular formula is C16H25N5O2S. The van der Waals surface area contributed by atoms with Crippen LogP contribution in [0.2, 0.25) is 0 Å². The molecule has 0 aliphatic heterocycles. The number of hydrogen-bond donors (Lipinski definition) is 2. The third-order valence-electron chi connectivity index (χ3n) is 3.19. The van der Waals surface area contributed by atoms with Gasteiger partial charge in [-0.2, -0.15) is 0 Å². The van der Waals surface area contributed by atoms with Gasteiger partial charge in [-0.1, -0.05) is 32.5 Å². The lowest BCUT2D eigenvalue weighted by Gasteiger charge is -2.33. The Balaban J connectivity index is 1.93. The predicted octanol–water partition coefficient (Wildman–Crippen LogP) is 2.67. The average molecular weight is 351 g/mol. The van der Waals surface area contributed by atoms with Gasteiger partial charge in [0.2, 0.25) is 16.9 Å². The molecule has 0 saturated heterocycles. The summed E-state index contributed by atoms with van der Waals surface area (Å²) in [7, 11) is 0. The van der Waals surface area contributed by atoms with Crippen LogP contribution in [0.25, 0.3) is 11.6 Å². The second-order valence-electron chi connectivity index (χ2n) is 7.61. The van der Waals surface area contributed by atoms with Gasteiger partial charge in [-0.15, -0.1) is 10.2 Å². The maximum Gasteiger partial charge on any atom is 0.230 e. The van der Waals surface area contributed by atoms with Crippen LogP contribution in [-0.4, -0.2) is 32.1 Å². The van der Waals surface area contributed by atoms with Crippen LogP contribution in [0.15, 0.2) is 28.0 Å². The highest BCUT2D eigenvalue weighted by molar-refractivity contribution is 7.99. The Kier molecular flexibility index (Phi) is 5.27. The fourth-order valence-corrected chi connectivity index (χ4v) is 3.52. The molecule has 0 bridgehead atoms. The zero-order valence-corrected chi connectivity index (χ0v) is 15.6. The van der Waals surface area contributed by atoms with Crippen molar-refractivity contribution in [1.82, 2.24) is 20.2 Å². The second kappa shape index (κ2) is 6.88. The molecule has 2 rings (SSSR count). The quantitative estimate of drug-likeness (QED) is 0.613. The summed E-state index contributed by atoms with van der Waals surface area (Å²) in [6, 6.07) is 3.51. The van der Waals surface area contributed by atoms with Crippen LogP contribution < -0.4 is 11.2 Å². The molecule has 0 unspecified atom stereocenters. The van der Waals surface area contributed by atoms with Crippen LogP contribution >= 0.6 is 11.8 Å². The van der Waals surface area contributed by atoms with Crippen LogP contribution in [0.4, 0.5) is 0 Å². The number of carbonyl (C=O) groups excluding carboxylic acids is 1. The number of aromatic nitrogens is 3. The molecule has 0 spiro atoms. The summed E-state index contributed by atoms with van der Waals surface area (Å²) in [6.45, 7) is 10.5. The van der Waals surface area contributed by atoms with Crippen molar-refractivity contribution >= 4 is 17.7 Å². The van der Waals surface area contributed by atoms with Gasteiger partial charge in [0.1, 0.15) is 0 Å². The third kappa shape index (κ3) is 5.02. The van der Waals surface area contributed by atoms with Gasteiger partial charge in [0.25, 0.3) is 0 Å². The zero-order chi connectivity index (χ0) is 18.0.